The van der Waals surface area contributed by atoms with E-state index in [2.05, 4.69) is 10.6 Å². The Morgan fingerprint density at radius 2 is 2.31 bits per heavy atom. The molecule has 2 rings (SSSR count). The number of rotatable bonds is 3. The van der Waals surface area contributed by atoms with E-state index >= 15 is 0 Å². The van der Waals surface area contributed by atoms with E-state index in [-0.39, 0.29) is 11.1 Å². The summed E-state index contributed by atoms with van der Waals surface area (Å²) < 4.78 is 18.2. The number of ether oxygens (including phenoxy) is 1. The molecule has 0 aromatic heterocycles. The van der Waals surface area contributed by atoms with Crippen LogP contribution in [-0.4, -0.2) is 26.3 Å². The summed E-state index contributed by atoms with van der Waals surface area (Å²) in [6.07, 6.45) is 0.901. The van der Waals surface area contributed by atoms with Gasteiger partial charge in [-0.15, -0.1) is 0 Å². The summed E-state index contributed by atoms with van der Waals surface area (Å²) in [6.45, 7) is 1.46. The molecular weight excluding hydrogens is 231 g/mol. The van der Waals surface area contributed by atoms with Gasteiger partial charge in [-0.25, -0.2) is 4.39 Å². The highest BCUT2D eigenvalue weighted by Gasteiger charge is 2.18. The normalized spacial score (nSPS) is 18.6. The summed E-state index contributed by atoms with van der Waals surface area (Å²) >= 11 is 5.73. The van der Waals surface area contributed by atoms with E-state index in [0.717, 1.165) is 24.3 Å². The first-order valence-corrected chi connectivity index (χ1v) is 5.57. The third kappa shape index (κ3) is 2.39. The van der Waals surface area contributed by atoms with Crippen molar-refractivity contribution in [3.8, 4) is 0 Å². The Morgan fingerprint density at radius 1 is 1.50 bits per heavy atom. The summed E-state index contributed by atoms with van der Waals surface area (Å²) in [7, 11) is 1.68. The highest BCUT2D eigenvalue weighted by atomic mass is 35.5. The molecule has 0 aliphatic carbocycles. The first kappa shape index (κ1) is 11.5. The van der Waals surface area contributed by atoms with Crippen molar-refractivity contribution in [2.45, 2.75) is 12.5 Å². The molecule has 1 heterocycles. The van der Waals surface area contributed by atoms with Crippen molar-refractivity contribution >= 4 is 23.0 Å². The number of hydrogen-bond acceptors (Lipinski definition) is 3. The molecule has 1 unspecified atom stereocenters. The first-order chi connectivity index (χ1) is 7.70. The second kappa shape index (κ2) is 4.89. The number of nitrogens with one attached hydrogen (secondary N) is 2. The second-order valence-corrected chi connectivity index (χ2v) is 4.22. The Kier molecular flexibility index (Phi) is 3.51. The van der Waals surface area contributed by atoms with Crippen LogP contribution >= 0.6 is 11.6 Å². The lowest BCUT2D eigenvalue weighted by molar-refractivity contribution is 0.190. The van der Waals surface area contributed by atoms with Crippen molar-refractivity contribution < 1.29 is 9.13 Å². The van der Waals surface area contributed by atoms with Crippen molar-refractivity contribution in [1.29, 1.82) is 0 Å². The molecule has 2 N–H and O–H groups in total. The lowest BCUT2D eigenvalue weighted by Crippen LogP contribution is -2.33. The molecule has 5 heteroatoms. The van der Waals surface area contributed by atoms with Crippen molar-refractivity contribution in [3.63, 3.8) is 0 Å². The fraction of sp³-hybridized carbons (Fsp3) is 0.455. The molecule has 0 bridgehead atoms. The minimum Gasteiger partial charge on any atom is -0.385 e. The lowest BCUT2D eigenvalue weighted by atomic mass is 10.1. The van der Waals surface area contributed by atoms with Crippen molar-refractivity contribution in [2.24, 2.45) is 0 Å². The zero-order valence-electron chi connectivity index (χ0n) is 9.02. The Balaban J connectivity index is 2.11. The molecule has 88 valence electrons. The largest absolute Gasteiger partial charge is 0.385 e. The van der Waals surface area contributed by atoms with E-state index in [1.807, 2.05) is 0 Å². The topological polar surface area (TPSA) is 33.3 Å². The van der Waals surface area contributed by atoms with Gasteiger partial charge in [-0.1, -0.05) is 11.6 Å². The van der Waals surface area contributed by atoms with Crippen LogP contribution in [0.2, 0.25) is 5.02 Å². The Hall–Kier alpha value is -1.00. The molecule has 16 heavy (non-hydrogen) atoms. The monoisotopic (exact) mass is 244 g/mol. The Morgan fingerprint density at radius 3 is 3.06 bits per heavy atom. The summed E-state index contributed by atoms with van der Waals surface area (Å²) in [5, 5.41) is 6.62. The summed E-state index contributed by atoms with van der Waals surface area (Å²) in [6, 6.07) is 3.31. The second-order valence-electron chi connectivity index (χ2n) is 3.82. The van der Waals surface area contributed by atoms with Crippen LogP contribution in [0.3, 0.4) is 0 Å². The molecule has 0 spiro atoms. The van der Waals surface area contributed by atoms with Crippen LogP contribution in [0.15, 0.2) is 12.1 Å². The first-order valence-electron chi connectivity index (χ1n) is 5.19. The maximum Gasteiger partial charge on any atom is 0.143 e. The van der Waals surface area contributed by atoms with Crippen LogP contribution in [0.5, 0.6) is 0 Å². The maximum absolute atomic E-state index is 13.2. The predicted molar refractivity (Wildman–Crippen MR) is 63.8 cm³/mol. The smallest absolute Gasteiger partial charge is 0.143 e. The van der Waals surface area contributed by atoms with Gasteiger partial charge in [0, 0.05) is 32.4 Å². The Bertz CT molecular complexity index is 386. The lowest BCUT2D eigenvalue weighted by Gasteiger charge is -2.28. The van der Waals surface area contributed by atoms with E-state index in [1.54, 1.807) is 13.2 Å². The van der Waals surface area contributed by atoms with Gasteiger partial charge in [0.05, 0.1) is 16.4 Å². The van der Waals surface area contributed by atoms with Gasteiger partial charge in [0.25, 0.3) is 0 Å². The summed E-state index contributed by atoms with van der Waals surface area (Å²) in [5.74, 6) is -0.398. The van der Waals surface area contributed by atoms with Gasteiger partial charge in [0.2, 0.25) is 0 Å². The molecule has 0 amide bonds. The minimum absolute atomic E-state index is 0.139. The number of halogens is 2. The number of anilines is 2. The minimum atomic E-state index is -0.398. The van der Waals surface area contributed by atoms with Crippen molar-refractivity contribution in [1.82, 2.24) is 0 Å². The van der Waals surface area contributed by atoms with E-state index < -0.39 is 5.82 Å². The van der Waals surface area contributed by atoms with Crippen LogP contribution in [0.4, 0.5) is 15.8 Å². The summed E-state index contributed by atoms with van der Waals surface area (Å²) in [4.78, 5) is 0. The maximum atomic E-state index is 13.2. The molecule has 3 nitrogen and oxygen atoms in total. The van der Waals surface area contributed by atoms with Crippen LogP contribution in [0.1, 0.15) is 6.42 Å². The zero-order valence-corrected chi connectivity index (χ0v) is 9.77. The third-order valence-corrected chi connectivity index (χ3v) is 2.92. The third-order valence-electron chi connectivity index (χ3n) is 2.63. The highest BCUT2D eigenvalue weighted by Crippen LogP contribution is 2.31. The SMILES string of the molecule is COCCC1CNc2cc(F)c(Cl)cc2N1. The van der Waals surface area contributed by atoms with Gasteiger partial charge < -0.3 is 15.4 Å². The van der Waals surface area contributed by atoms with Crippen molar-refractivity contribution in [3.05, 3.63) is 23.0 Å². The fourth-order valence-corrected chi connectivity index (χ4v) is 1.91. The Labute approximate surface area is 98.9 Å². The molecule has 0 radical (unpaired) electrons. The molecule has 0 saturated carbocycles. The zero-order chi connectivity index (χ0) is 11.5. The fourth-order valence-electron chi connectivity index (χ4n) is 1.75. The van der Waals surface area contributed by atoms with Crippen LogP contribution in [0, 0.1) is 5.82 Å². The van der Waals surface area contributed by atoms with E-state index in [4.69, 9.17) is 16.3 Å². The number of hydrogen-bond donors (Lipinski definition) is 2. The van der Waals surface area contributed by atoms with Crippen LogP contribution < -0.4 is 10.6 Å². The molecule has 1 aromatic carbocycles. The molecule has 1 aliphatic heterocycles. The van der Waals surface area contributed by atoms with Gasteiger partial charge >= 0.3 is 0 Å². The molecule has 0 fully saturated rings. The number of methoxy groups -OCH3 is 1. The molecule has 1 atom stereocenters. The molecule has 0 saturated heterocycles. The van der Waals surface area contributed by atoms with Crippen LogP contribution in [0.25, 0.3) is 0 Å². The molecule has 1 aliphatic rings. The van der Waals surface area contributed by atoms with E-state index in [9.17, 15) is 4.39 Å². The van der Waals surface area contributed by atoms with Crippen molar-refractivity contribution in [2.75, 3.05) is 30.9 Å². The van der Waals surface area contributed by atoms with Gasteiger partial charge in [-0.05, 0) is 12.5 Å². The predicted octanol–water partition coefficient (Wildman–Crippen LogP) is 2.72. The molecule has 1 aromatic rings. The average Bonchev–Trinajstić information content (AvgIpc) is 2.28. The van der Waals surface area contributed by atoms with Gasteiger partial charge in [-0.3, -0.25) is 0 Å². The highest BCUT2D eigenvalue weighted by molar-refractivity contribution is 6.31. The quantitative estimate of drug-likeness (QED) is 0.858. The number of fused-ring (bicyclic) bond motifs is 1. The average molecular weight is 245 g/mol. The van der Waals surface area contributed by atoms with Gasteiger partial charge in [-0.2, -0.15) is 0 Å². The summed E-state index contributed by atoms with van der Waals surface area (Å²) in [5.41, 5.74) is 1.61. The van der Waals surface area contributed by atoms with Gasteiger partial charge in [0.15, 0.2) is 0 Å². The van der Waals surface area contributed by atoms with E-state index in [0.29, 0.717) is 6.61 Å². The van der Waals surface area contributed by atoms with Gasteiger partial charge in [0.1, 0.15) is 5.82 Å². The standard InChI is InChI=1S/C11H14ClFN2O/c1-16-3-2-7-6-14-10-5-9(13)8(12)4-11(10)15-7/h4-5,7,14-15H,2-3,6H2,1H3. The van der Waals surface area contributed by atoms with Crippen LogP contribution in [-0.2, 0) is 4.74 Å². The number of benzene rings is 1. The van der Waals surface area contributed by atoms with E-state index in [1.165, 1.54) is 6.07 Å². The molecular formula is C11H14ClFN2O.